The lowest BCUT2D eigenvalue weighted by atomic mass is 10.1. The third-order valence-corrected chi connectivity index (χ3v) is 5.63. The number of aryl methyl sites for hydroxylation is 1. The number of ketones is 2. The van der Waals surface area contributed by atoms with Crippen LogP contribution in [0.1, 0.15) is 32.0 Å². The van der Waals surface area contributed by atoms with Crippen molar-refractivity contribution in [3.05, 3.63) is 93.7 Å². The number of carbonyl (C=O) groups is 2. The highest BCUT2D eigenvalue weighted by Gasteiger charge is 2.23. The lowest BCUT2D eigenvalue weighted by Gasteiger charge is -2.08. The summed E-state index contributed by atoms with van der Waals surface area (Å²) in [6.45, 7) is 2.01. The largest absolute Gasteiger partial charge is 0.496 e. The first-order valence-electron chi connectivity index (χ1n) is 9.71. The predicted molar refractivity (Wildman–Crippen MR) is 124 cm³/mol. The number of para-hydroxylation sites is 1. The highest BCUT2D eigenvalue weighted by molar-refractivity contribution is 9.10. The number of hydrogen-bond donors (Lipinski definition) is 1. The van der Waals surface area contributed by atoms with Crippen LogP contribution in [0.5, 0.6) is 5.75 Å². The van der Waals surface area contributed by atoms with Crippen LogP contribution in [0.15, 0.2) is 75.6 Å². The second-order valence-corrected chi connectivity index (χ2v) is 7.98. The van der Waals surface area contributed by atoms with Gasteiger partial charge in [0.1, 0.15) is 11.3 Å². The van der Waals surface area contributed by atoms with Crippen LogP contribution in [0.4, 0.5) is 5.69 Å². The number of fused-ring (bicyclic) bond motifs is 1. The van der Waals surface area contributed by atoms with Crippen molar-refractivity contribution in [2.75, 3.05) is 19.0 Å². The van der Waals surface area contributed by atoms with Gasteiger partial charge in [0.25, 0.3) is 0 Å². The van der Waals surface area contributed by atoms with E-state index in [0.29, 0.717) is 32.6 Å². The fraction of sp³-hybridized carbons (Fsp3) is 0.120. The second kappa shape index (κ2) is 8.78. The van der Waals surface area contributed by atoms with Crippen molar-refractivity contribution in [2.24, 2.45) is 0 Å². The average Bonchev–Trinajstić information content (AvgIpc) is 3.16. The van der Waals surface area contributed by atoms with Crippen LogP contribution >= 0.6 is 15.9 Å². The predicted octanol–water partition coefficient (Wildman–Crippen LogP) is 6.04. The first kappa shape index (κ1) is 20.9. The molecule has 1 heterocycles. The molecule has 0 amide bonds. The Bertz CT molecular complexity index is 1270. The molecule has 4 rings (SSSR count). The molecule has 6 heteroatoms. The molecule has 4 aromatic rings. The highest BCUT2D eigenvalue weighted by atomic mass is 79.9. The van der Waals surface area contributed by atoms with E-state index in [1.807, 2.05) is 37.3 Å². The van der Waals surface area contributed by atoms with E-state index in [4.69, 9.17) is 9.15 Å². The summed E-state index contributed by atoms with van der Waals surface area (Å²) in [6, 6.07) is 19.8. The molecule has 0 radical (unpaired) electrons. The fourth-order valence-corrected chi connectivity index (χ4v) is 3.87. The zero-order chi connectivity index (χ0) is 22.0. The lowest BCUT2D eigenvalue weighted by molar-refractivity contribution is 0.0997. The van der Waals surface area contributed by atoms with E-state index in [2.05, 4.69) is 21.2 Å². The number of methoxy groups -OCH3 is 1. The summed E-state index contributed by atoms with van der Waals surface area (Å²) < 4.78 is 11.8. The second-order valence-electron chi connectivity index (χ2n) is 7.12. The van der Waals surface area contributed by atoms with Crippen LogP contribution in [0, 0.1) is 6.92 Å². The Balaban J connectivity index is 1.67. The van der Waals surface area contributed by atoms with Crippen LogP contribution in [0.25, 0.3) is 11.0 Å². The summed E-state index contributed by atoms with van der Waals surface area (Å²) >= 11 is 3.41. The number of benzene rings is 3. The van der Waals surface area contributed by atoms with Crippen molar-refractivity contribution in [1.29, 1.82) is 0 Å². The molecule has 0 aliphatic heterocycles. The molecule has 0 aliphatic carbocycles. The van der Waals surface area contributed by atoms with Crippen LogP contribution in [0.3, 0.4) is 0 Å². The molecule has 0 bridgehead atoms. The van der Waals surface area contributed by atoms with E-state index in [-0.39, 0.29) is 23.9 Å². The summed E-state index contributed by atoms with van der Waals surface area (Å²) in [5.74, 6) is 0.430. The number of furan rings is 1. The molecule has 0 aliphatic rings. The van der Waals surface area contributed by atoms with Gasteiger partial charge in [-0.15, -0.1) is 0 Å². The molecule has 0 saturated carbocycles. The highest BCUT2D eigenvalue weighted by Crippen LogP contribution is 2.34. The van der Waals surface area contributed by atoms with Gasteiger partial charge in [0, 0.05) is 16.5 Å². The van der Waals surface area contributed by atoms with E-state index in [9.17, 15) is 9.59 Å². The van der Waals surface area contributed by atoms with Gasteiger partial charge in [-0.3, -0.25) is 9.59 Å². The smallest absolute Gasteiger partial charge is 0.230 e. The topological polar surface area (TPSA) is 68.5 Å². The van der Waals surface area contributed by atoms with Gasteiger partial charge in [-0.25, -0.2) is 0 Å². The number of carbonyl (C=O) groups excluding carboxylic acids is 2. The summed E-state index contributed by atoms with van der Waals surface area (Å²) in [6.07, 6.45) is 0. The molecule has 1 N–H and O–H groups in total. The normalized spacial score (nSPS) is 10.8. The molecular weight excluding hydrogens is 458 g/mol. The van der Waals surface area contributed by atoms with Crippen molar-refractivity contribution in [2.45, 2.75) is 6.92 Å². The van der Waals surface area contributed by atoms with Gasteiger partial charge in [0.2, 0.25) is 5.78 Å². The molecule has 0 spiro atoms. The van der Waals surface area contributed by atoms with Gasteiger partial charge in [0.05, 0.1) is 23.8 Å². The molecule has 3 aromatic carbocycles. The number of nitrogens with one attached hydrogen (secondary N) is 1. The van der Waals surface area contributed by atoms with Gasteiger partial charge >= 0.3 is 0 Å². The third-order valence-electron chi connectivity index (χ3n) is 5.01. The Labute approximate surface area is 188 Å². The number of ether oxygens (including phenoxy) is 1. The summed E-state index contributed by atoms with van der Waals surface area (Å²) in [5, 5.41) is 3.88. The van der Waals surface area contributed by atoms with Crippen LogP contribution in [-0.2, 0) is 0 Å². The number of rotatable bonds is 7. The maximum absolute atomic E-state index is 13.3. The zero-order valence-electron chi connectivity index (χ0n) is 17.1. The minimum atomic E-state index is -0.287. The Morgan fingerprint density at radius 2 is 1.71 bits per heavy atom. The van der Waals surface area contributed by atoms with Crippen LogP contribution in [0.2, 0.25) is 0 Å². The van der Waals surface area contributed by atoms with Gasteiger partial charge in [-0.1, -0.05) is 42.0 Å². The van der Waals surface area contributed by atoms with E-state index < -0.39 is 0 Å². The Morgan fingerprint density at radius 1 is 1.00 bits per heavy atom. The van der Waals surface area contributed by atoms with E-state index in [0.717, 1.165) is 10.9 Å². The quantitative estimate of drug-likeness (QED) is 0.328. The minimum Gasteiger partial charge on any atom is -0.496 e. The van der Waals surface area contributed by atoms with E-state index in [1.54, 1.807) is 43.5 Å². The molecule has 0 fully saturated rings. The standard InChI is InChI=1S/C25H20BrNO4/c1-15-7-9-16(10-8-15)20(28)14-27-23-18-5-3-4-6-21(18)31-25(23)24(29)17-11-12-22(30-2)19(26)13-17/h3-13,27H,14H2,1-2H3. The van der Waals surface area contributed by atoms with Crippen molar-refractivity contribution >= 4 is 44.2 Å². The van der Waals surface area contributed by atoms with Gasteiger partial charge < -0.3 is 14.5 Å². The Kier molecular flexibility index (Phi) is 5.91. The molecule has 31 heavy (non-hydrogen) atoms. The maximum Gasteiger partial charge on any atom is 0.230 e. The van der Waals surface area contributed by atoms with Gasteiger partial charge in [-0.2, -0.15) is 0 Å². The third kappa shape index (κ3) is 4.25. The maximum atomic E-state index is 13.3. The van der Waals surface area contributed by atoms with Gasteiger partial charge in [0.15, 0.2) is 11.5 Å². The Hall–Kier alpha value is -3.38. The van der Waals surface area contributed by atoms with Crippen LogP contribution < -0.4 is 10.1 Å². The monoisotopic (exact) mass is 477 g/mol. The molecule has 0 atom stereocenters. The first-order valence-corrected chi connectivity index (χ1v) is 10.5. The number of hydrogen-bond acceptors (Lipinski definition) is 5. The fourth-order valence-electron chi connectivity index (χ4n) is 3.33. The summed E-state index contributed by atoms with van der Waals surface area (Å²) in [5.41, 5.74) is 3.22. The zero-order valence-corrected chi connectivity index (χ0v) is 18.7. The molecule has 0 saturated heterocycles. The lowest BCUT2D eigenvalue weighted by Crippen LogP contribution is -2.15. The number of Topliss-reactive ketones (excluding diaryl/α,β-unsaturated/α-hetero) is 1. The van der Waals surface area contributed by atoms with Crippen molar-refractivity contribution in [1.82, 2.24) is 0 Å². The Morgan fingerprint density at radius 3 is 2.42 bits per heavy atom. The number of halogens is 1. The molecule has 1 aromatic heterocycles. The van der Waals surface area contributed by atoms with Crippen molar-refractivity contribution < 1.29 is 18.7 Å². The number of anilines is 1. The SMILES string of the molecule is COc1ccc(C(=O)c2oc3ccccc3c2NCC(=O)c2ccc(C)cc2)cc1Br. The molecule has 0 unspecified atom stereocenters. The molecule has 5 nitrogen and oxygen atoms in total. The summed E-state index contributed by atoms with van der Waals surface area (Å²) in [4.78, 5) is 25.9. The average molecular weight is 478 g/mol. The van der Waals surface area contributed by atoms with E-state index >= 15 is 0 Å². The minimum absolute atomic E-state index is 0.0408. The molecule has 156 valence electrons. The van der Waals surface area contributed by atoms with E-state index in [1.165, 1.54) is 0 Å². The van der Waals surface area contributed by atoms with Crippen LogP contribution in [-0.4, -0.2) is 25.2 Å². The molecular formula is C25H20BrNO4. The van der Waals surface area contributed by atoms with Crippen molar-refractivity contribution in [3.63, 3.8) is 0 Å². The first-order chi connectivity index (χ1) is 15.0. The van der Waals surface area contributed by atoms with Gasteiger partial charge in [-0.05, 0) is 53.2 Å². The van der Waals surface area contributed by atoms with Crippen molar-refractivity contribution in [3.8, 4) is 5.75 Å². The summed E-state index contributed by atoms with van der Waals surface area (Å²) in [7, 11) is 1.56.